The molecule has 1 saturated heterocycles. The minimum atomic E-state index is -0.718. The summed E-state index contributed by atoms with van der Waals surface area (Å²) in [6, 6.07) is 22.0. The number of aromatic nitrogens is 1. The molecule has 0 spiro atoms. The second-order valence-electron chi connectivity index (χ2n) is 8.55. The van der Waals surface area contributed by atoms with Crippen LogP contribution in [0.5, 0.6) is 0 Å². The van der Waals surface area contributed by atoms with Crippen LogP contribution in [0.15, 0.2) is 91.8 Å². The van der Waals surface area contributed by atoms with Crippen molar-refractivity contribution in [2.45, 2.75) is 19.3 Å². The van der Waals surface area contributed by atoms with E-state index in [1.54, 1.807) is 35.5 Å². The predicted octanol–water partition coefficient (Wildman–Crippen LogP) is 4.52. The summed E-state index contributed by atoms with van der Waals surface area (Å²) in [6.45, 7) is 5.13. The molecule has 1 aromatic heterocycles. The normalized spacial score (nSPS) is 17.9. The summed E-state index contributed by atoms with van der Waals surface area (Å²) in [6.07, 6.45) is 6.96. The summed E-state index contributed by atoms with van der Waals surface area (Å²) in [4.78, 5) is 32.6. The van der Waals surface area contributed by atoms with Gasteiger partial charge in [0.15, 0.2) is 0 Å². The predicted molar refractivity (Wildman–Crippen MR) is 131 cm³/mol. The van der Waals surface area contributed by atoms with Gasteiger partial charge in [-0.05, 0) is 48.1 Å². The molecule has 1 atom stereocenters. The van der Waals surface area contributed by atoms with Crippen molar-refractivity contribution in [3.05, 3.63) is 103 Å². The average molecular weight is 440 g/mol. The Labute approximate surface area is 195 Å². The van der Waals surface area contributed by atoms with Crippen LogP contribution in [0.2, 0.25) is 0 Å². The zero-order valence-corrected chi connectivity index (χ0v) is 18.7. The summed E-state index contributed by atoms with van der Waals surface area (Å²) < 4.78 is 0. The van der Waals surface area contributed by atoms with E-state index in [4.69, 9.17) is 0 Å². The fourth-order valence-corrected chi connectivity index (χ4v) is 4.68. The van der Waals surface area contributed by atoms with Gasteiger partial charge in [0.1, 0.15) is 0 Å². The van der Waals surface area contributed by atoms with Crippen molar-refractivity contribution in [1.82, 2.24) is 15.2 Å². The van der Waals surface area contributed by atoms with Crippen LogP contribution in [-0.4, -0.2) is 41.3 Å². The van der Waals surface area contributed by atoms with Gasteiger partial charge in [-0.3, -0.25) is 14.6 Å². The Bertz CT molecular complexity index is 1110. The summed E-state index contributed by atoms with van der Waals surface area (Å²) in [5.41, 5.74) is 3.17. The van der Waals surface area contributed by atoms with Crippen molar-refractivity contribution in [2.24, 2.45) is 5.41 Å². The van der Waals surface area contributed by atoms with Crippen LogP contribution in [0.1, 0.15) is 28.8 Å². The molecule has 1 fully saturated rings. The van der Waals surface area contributed by atoms with E-state index in [-0.39, 0.29) is 11.8 Å². The molecule has 5 nitrogen and oxygen atoms in total. The Morgan fingerprint density at radius 3 is 2.61 bits per heavy atom. The van der Waals surface area contributed by atoms with Crippen LogP contribution in [0.4, 0.5) is 0 Å². The van der Waals surface area contributed by atoms with Gasteiger partial charge < -0.3 is 10.2 Å². The van der Waals surface area contributed by atoms with Crippen LogP contribution in [0.3, 0.4) is 0 Å². The molecule has 0 bridgehead atoms. The van der Waals surface area contributed by atoms with Crippen LogP contribution in [-0.2, 0) is 11.2 Å². The quantitative estimate of drug-likeness (QED) is 0.551. The molecule has 1 aliphatic rings. The Kier molecular flexibility index (Phi) is 6.98. The highest BCUT2D eigenvalue weighted by molar-refractivity contribution is 5.94. The van der Waals surface area contributed by atoms with Crippen LogP contribution in [0, 0.1) is 5.41 Å². The Hall–Kier alpha value is -3.73. The number of likely N-dealkylation sites (tertiary alicyclic amines) is 1. The van der Waals surface area contributed by atoms with Gasteiger partial charge in [-0.2, -0.15) is 0 Å². The number of hydrogen-bond donors (Lipinski definition) is 1. The molecule has 33 heavy (non-hydrogen) atoms. The first-order valence-corrected chi connectivity index (χ1v) is 11.3. The fourth-order valence-electron chi connectivity index (χ4n) is 4.68. The molecule has 5 heteroatoms. The molecule has 3 aromatic rings. The number of nitrogens with one attached hydrogen (secondary N) is 1. The van der Waals surface area contributed by atoms with E-state index < -0.39 is 5.41 Å². The summed E-state index contributed by atoms with van der Waals surface area (Å²) in [7, 11) is 0. The van der Waals surface area contributed by atoms with E-state index in [0.29, 0.717) is 31.6 Å². The summed E-state index contributed by atoms with van der Waals surface area (Å²) >= 11 is 0. The van der Waals surface area contributed by atoms with Crippen molar-refractivity contribution >= 4 is 11.8 Å². The maximum Gasteiger partial charge on any atom is 0.255 e. The largest absolute Gasteiger partial charge is 0.352 e. The molecule has 2 amide bonds. The lowest BCUT2D eigenvalue weighted by Crippen LogP contribution is -2.54. The lowest BCUT2D eigenvalue weighted by Gasteiger charge is -2.42. The molecule has 0 aliphatic carbocycles. The number of hydrogen-bond acceptors (Lipinski definition) is 3. The van der Waals surface area contributed by atoms with Crippen LogP contribution < -0.4 is 5.32 Å². The van der Waals surface area contributed by atoms with E-state index in [1.165, 1.54) is 0 Å². The lowest BCUT2D eigenvalue weighted by molar-refractivity contribution is -0.133. The third kappa shape index (κ3) is 5.03. The topological polar surface area (TPSA) is 62.3 Å². The highest BCUT2D eigenvalue weighted by Gasteiger charge is 2.43. The number of rotatable bonds is 7. The highest BCUT2D eigenvalue weighted by atomic mass is 16.2. The van der Waals surface area contributed by atoms with Crippen molar-refractivity contribution in [3.8, 4) is 11.1 Å². The number of carbonyl (C=O) groups is 2. The van der Waals surface area contributed by atoms with Crippen LogP contribution >= 0.6 is 0 Å². The minimum Gasteiger partial charge on any atom is -0.352 e. The molecule has 0 saturated carbocycles. The maximum atomic E-state index is 13.5. The average Bonchev–Trinajstić information content (AvgIpc) is 2.88. The van der Waals surface area contributed by atoms with E-state index in [0.717, 1.165) is 29.5 Å². The monoisotopic (exact) mass is 439 g/mol. The van der Waals surface area contributed by atoms with Crippen LogP contribution in [0.25, 0.3) is 11.1 Å². The second-order valence-corrected chi connectivity index (χ2v) is 8.55. The molecule has 4 rings (SSSR count). The zero-order chi connectivity index (χ0) is 23.1. The number of carbonyl (C=O) groups excluding carboxylic acids is 2. The van der Waals surface area contributed by atoms with E-state index in [2.05, 4.69) is 41.1 Å². The molecular weight excluding hydrogens is 410 g/mol. The smallest absolute Gasteiger partial charge is 0.255 e. The molecule has 1 aliphatic heterocycles. The zero-order valence-electron chi connectivity index (χ0n) is 18.7. The number of pyridine rings is 1. The minimum absolute atomic E-state index is 0.0334. The van der Waals surface area contributed by atoms with Crippen molar-refractivity contribution in [3.63, 3.8) is 0 Å². The van der Waals surface area contributed by atoms with Gasteiger partial charge in [-0.15, -0.1) is 6.58 Å². The molecule has 0 radical (unpaired) electrons. The van der Waals surface area contributed by atoms with Gasteiger partial charge in [0.05, 0.1) is 11.0 Å². The van der Waals surface area contributed by atoms with Gasteiger partial charge >= 0.3 is 0 Å². The Morgan fingerprint density at radius 1 is 1.06 bits per heavy atom. The van der Waals surface area contributed by atoms with Gasteiger partial charge in [0.2, 0.25) is 5.91 Å². The first-order valence-electron chi connectivity index (χ1n) is 11.3. The number of nitrogens with zero attached hydrogens (tertiary/aromatic N) is 2. The first kappa shape index (κ1) is 22.5. The molecular formula is C28H29N3O2. The van der Waals surface area contributed by atoms with Gasteiger partial charge in [0.25, 0.3) is 5.91 Å². The van der Waals surface area contributed by atoms with E-state index >= 15 is 0 Å². The SMILES string of the molecule is C=CCNC(=O)C1(Cc2ccccc2-c2ccccc2)CCCN(C(=O)c2cccnc2)C1. The molecule has 1 unspecified atom stereocenters. The number of benzene rings is 2. The second kappa shape index (κ2) is 10.3. The van der Waals surface area contributed by atoms with Crippen molar-refractivity contribution in [1.29, 1.82) is 0 Å². The van der Waals surface area contributed by atoms with Gasteiger partial charge in [-0.1, -0.05) is 60.7 Å². The van der Waals surface area contributed by atoms with E-state index in [1.807, 2.05) is 30.3 Å². The third-order valence-electron chi connectivity index (χ3n) is 6.29. The Morgan fingerprint density at radius 2 is 1.85 bits per heavy atom. The number of piperidine rings is 1. The molecule has 1 N–H and O–H groups in total. The van der Waals surface area contributed by atoms with Crippen molar-refractivity contribution < 1.29 is 9.59 Å². The molecule has 2 aromatic carbocycles. The molecule has 168 valence electrons. The fraction of sp³-hybridized carbons (Fsp3) is 0.250. The Balaban J connectivity index is 1.68. The van der Waals surface area contributed by atoms with Crippen molar-refractivity contribution in [2.75, 3.05) is 19.6 Å². The van der Waals surface area contributed by atoms with E-state index in [9.17, 15) is 9.59 Å². The highest BCUT2D eigenvalue weighted by Crippen LogP contribution is 2.37. The summed E-state index contributed by atoms with van der Waals surface area (Å²) in [5, 5.41) is 3.01. The summed E-state index contributed by atoms with van der Waals surface area (Å²) in [5.74, 6) is -0.117. The van der Waals surface area contributed by atoms with Gasteiger partial charge in [-0.25, -0.2) is 0 Å². The van der Waals surface area contributed by atoms with Gasteiger partial charge in [0, 0.05) is 32.0 Å². The first-order chi connectivity index (χ1) is 16.1. The standard InChI is InChI=1S/C28H29N3O2/c1-2-16-30-27(33)28(15-9-18-31(21-28)26(32)24-13-8-17-29-20-24)19-23-12-6-7-14-25(23)22-10-4-3-5-11-22/h2-8,10-14,17,20H,1,9,15-16,18-19,21H2,(H,30,33). The lowest BCUT2D eigenvalue weighted by atomic mass is 9.73. The number of amides is 2. The maximum absolute atomic E-state index is 13.5. The molecule has 2 heterocycles. The third-order valence-corrected chi connectivity index (χ3v) is 6.29.